The van der Waals surface area contributed by atoms with Crippen molar-refractivity contribution >= 4 is 40.8 Å². The normalized spacial score (nSPS) is 10.6. The van der Waals surface area contributed by atoms with Crippen LogP contribution in [0, 0.1) is 0 Å². The Kier molecular flexibility index (Phi) is 7.06. The molecule has 88 valence electrons. The van der Waals surface area contributed by atoms with Crippen molar-refractivity contribution in [2.24, 2.45) is 0 Å². The number of alkyl halides is 3. The number of nitrogens with one attached hydrogen (secondary N) is 1. The second-order valence-electron chi connectivity index (χ2n) is 2.69. The first-order valence-corrected chi connectivity index (χ1v) is 5.33. The number of halogens is 3. The smallest absolute Gasteiger partial charge is 0.462 e. The maximum atomic E-state index is 11.4. The maximum absolute atomic E-state index is 11.4. The zero-order valence-corrected chi connectivity index (χ0v) is 13.4. The van der Waals surface area contributed by atoms with Crippen LogP contribution in [0.4, 0.5) is 0 Å². The number of aromatic amines is 1. The summed E-state index contributed by atoms with van der Waals surface area (Å²) in [4.78, 5) is 28.5. The Labute approximate surface area is 134 Å². The Morgan fingerprint density at radius 1 is 1.53 bits per heavy atom. The van der Waals surface area contributed by atoms with Gasteiger partial charge in [0, 0.05) is 6.20 Å². The second kappa shape index (κ2) is 6.97. The summed E-state index contributed by atoms with van der Waals surface area (Å²) in [5.41, 5.74) is -0.949. The summed E-state index contributed by atoms with van der Waals surface area (Å²) in [7, 11) is 0. The molecule has 0 atom stereocenters. The van der Waals surface area contributed by atoms with Gasteiger partial charge in [0.05, 0.1) is 6.61 Å². The van der Waals surface area contributed by atoms with Gasteiger partial charge in [-0.3, -0.25) is 4.79 Å². The first-order chi connectivity index (χ1) is 7.36. The number of esters is 1. The fourth-order valence-corrected chi connectivity index (χ4v) is 1.18. The van der Waals surface area contributed by atoms with Crippen LogP contribution < -0.4 is 35.1 Å². The van der Waals surface area contributed by atoms with Gasteiger partial charge in [0.1, 0.15) is 5.56 Å². The zero-order valence-electron chi connectivity index (χ0n) is 9.09. The Morgan fingerprint density at radius 3 is 2.53 bits per heavy atom. The summed E-state index contributed by atoms with van der Waals surface area (Å²) in [6.45, 7) is 1.78. The van der Waals surface area contributed by atoms with E-state index in [0.717, 1.165) is 6.20 Å². The van der Waals surface area contributed by atoms with Gasteiger partial charge in [-0.2, -0.15) is 0 Å². The van der Waals surface area contributed by atoms with E-state index in [4.69, 9.17) is 34.8 Å². The number of H-pyrrole nitrogens is 1. The maximum Gasteiger partial charge on any atom is 1.00 e. The van der Waals surface area contributed by atoms with Crippen molar-refractivity contribution in [1.29, 1.82) is 0 Å². The van der Waals surface area contributed by atoms with Gasteiger partial charge < -0.3 is 9.72 Å². The van der Waals surface area contributed by atoms with E-state index in [-0.39, 0.29) is 47.6 Å². The van der Waals surface area contributed by atoms with E-state index < -0.39 is 15.3 Å². The van der Waals surface area contributed by atoms with E-state index in [1.54, 1.807) is 6.92 Å². The Hall–Kier alpha value is 0.220. The van der Waals surface area contributed by atoms with Crippen LogP contribution in [0.1, 0.15) is 23.1 Å². The Balaban J connectivity index is 0.00000256. The summed E-state index contributed by atoms with van der Waals surface area (Å²) in [5.74, 6) is -0.928. The fourth-order valence-electron chi connectivity index (χ4n) is 0.893. The molecule has 1 rings (SSSR count). The van der Waals surface area contributed by atoms with Crippen LogP contribution in [0.5, 0.6) is 0 Å². The molecule has 0 amide bonds. The van der Waals surface area contributed by atoms with E-state index >= 15 is 0 Å². The zero-order chi connectivity index (χ0) is 12.3. The number of ether oxygens (including phenoxy) is 1. The third kappa shape index (κ3) is 4.77. The Bertz CT molecular complexity index is 458. The predicted octanol–water partition coefficient (Wildman–Crippen LogP) is -1.22. The molecule has 0 saturated heterocycles. The molecule has 0 spiro atoms. The molecule has 0 radical (unpaired) electrons. The van der Waals surface area contributed by atoms with Crippen LogP contribution in [0.2, 0.25) is 0 Å². The first-order valence-electron chi connectivity index (χ1n) is 4.20. The van der Waals surface area contributed by atoms with Gasteiger partial charge in [-0.25, -0.2) is 9.78 Å². The monoisotopic (exact) mass is 307 g/mol. The molecule has 1 aromatic heterocycles. The minimum atomic E-state index is -1.84. The van der Waals surface area contributed by atoms with Crippen molar-refractivity contribution in [1.82, 2.24) is 9.97 Å². The minimum absolute atomic E-state index is 0. The molecule has 0 bridgehead atoms. The van der Waals surface area contributed by atoms with Gasteiger partial charge in [0.15, 0.2) is 5.82 Å². The molecule has 1 N–H and O–H groups in total. The molecule has 1 aromatic rings. The summed E-state index contributed by atoms with van der Waals surface area (Å²) >= 11 is 16.5. The number of rotatable bonds is 2. The molecule has 0 fully saturated rings. The van der Waals surface area contributed by atoms with Gasteiger partial charge in [-0.15, -0.1) is 0 Å². The van der Waals surface area contributed by atoms with E-state index in [2.05, 4.69) is 14.7 Å². The van der Waals surface area contributed by atoms with Gasteiger partial charge in [-0.05, 0) is 6.92 Å². The number of hydrogen-bond acceptors (Lipinski definition) is 4. The second-order valence-corrected chi connectivity index (χ2v) is 4.97. The van der Waals surface area contributed by atoms with Crippen LogP contribution in [0.15, 0.2) is 11.0 Å². The van der Waals surface area contributed by atoms with Gasteiger partial charge >= 0.3 is 35.5 Å². The van der Waals surface area contributed by atoms with E-state index in [1.165, 1.54) is 0 Å². The molecule has 0 aliphatic heterocycles. The molecule has 0 unspecified atom stereocenters. The van der Waals surface area contributed by atoms with Gasteiger partial charge in [-0.1, -0.05) is 34.8 Å². The van der Waals surface area contributed by atoms with Crippen molar-refractivity contribution in [3.63, 3.8) is 0 Å². The minimum Gasteiger partial charge on any atom is -0.462 e. The molecule has 0 aliphatic carbocycles. The third-order valence-corrected chi connectivity index (χ3v) is 2.10. The van der Waals surface area contributed by atoms with Crippen molar-refractivity contribution in [2.75, 3.05) is 6.61 Å². The molecule has 5 nitrogen and oxygen atoms in total. The van der Waals surface area contributed by atoms with Crippen molar-refractivity contribution < 1.29 is 39.1 Å². The predicted molar refractivity (Wildman–Crippen MR) is 60.1 cm³/mol. The standard InChI is InChI=1S/C8H7Cl3N2O3.Na/c1-2-16-6(15)4-3-12-7(8(9,10)11)13-5(4)14;/h3H,2H2,1H3,(H,12,13,14);/q;+1. The largest absolute Gasteiger partial charge is 1.00 e. The number of carbonyl (C=O) groups is 1. The number of hydrogen-bond donors (Lipinski definition) is 1. The van der Waals surface area contributed by atoms with E-state index in [9.17, 15) is 9.59 Å². The topological polar surface area (TPSA) is 72.0 Å². The third-order valence-electron chi connectivity index (χ3n) is 1.56. The molecule has 17 heavy (non-hydrogen) atoms. The average molecular weight is 309 g/mol. The SMILES string of the molecule is CCOC(=O)c1cnc(C(Cl)(Cl)Cl)[nH]c1=O.[Na+]. The van der Waals surface area contributed by atoms with Gasteiger partial charge in [0.2, 0.25) is 3.79 Å². The summed E-state index contributed by atoms with van der Waals surface area (Å²) < 4.78 is 2.80. The van der Waals surface area contributed by atoms with Crippen LogP contribution in [-0.2, 0) is 8.53 Å². The van der Waals surface area contributed by atoms with Crippen molar-refractivity contribution in [3.05, 3.63) is 27.9 Å². The molecular formula is C8H7Cl3N2NaO3+. The molecule has 0 saturated carbocycles. The van der Waals surface area contributed by atoms with Crippen molar-refractivity contribution in [3.8, 4) is 0 Å². The van der Waals surface area contributed by atoms with E-state index in [0.29, 0.717) is 0 Å². The number of carbonyl (C=O) groups excluding carboxylic acids is 1. The van der Waals surface area contributed by atoms with Crippen LogP contribution >= 0.6 is 34.8 Å². The van der Waals surface area contributed by atoms with Gasteiger partial charge in [0.25, 0.3) is 5.56 Å². The summed E-state index contributed by atoms with van der Waals surface area (Å²) in [5, 5.41) is 0. The van der Waals surface area contributed by atoms with E-state index in [1.807, 2.05) is 0 Å². The quantitative estimate of drug-likeness (QED) is 0.422. The fraction of sp³-hybridized carbons (Fsp3) is 0.375. The van der Waals surface area contributed by atoms with Crippen molar-refractivity contribution in [2.45, 2.75) is 10.7 Å². The Morgan fingerprint density at radius 2 is 2.12 bits per heavy atom. The first kappa shape index (κ1) is 17.2. The molecule has 9 heteroatoms. The molecule has 1 heterocycles. The van der Waals surface area contributed by atoms with Crippen LogP contribution in [0.25, 0.3) is 0 Å². The molecular weight excluding hydrogens is 301 g/mol. The molecule has 0 aromatic carbocycles. The average Bonchev–Trinajstić information content (AvgIpc) is 2.16. The number of nitrogens with zero attached hydrogens (tertiary/aromatic N) is 1. The summed E-state index contributed by atoms with van der Waals surface area (Å²) in [6, 6.07) is 0. The molecule has 0 aliphatic rings. The van der Waals surface area contributed by atoms with Crippen LogP contribution in [0.3, 0.4) is 0 Å². The summed E-state index contributed by atoms with van der Waals surface area (Å²) in [6.07, 6.45) is 1.01. The van der Waals surface area contributed by atoms with Crippen LogP contribution in [-0.4, -0.2) is 22.5 Å². The number of aromatic nitrogens is 2.